The van der Waals surface area contributed by atoms with Crippen molar-refractivity contribution in [3.8, 4) is 11.8 Å². The smallest absolute Gasteiger partial charge is 0.433 e. The summed E-state index contributed by atoms with van der Waals surface area (Å²) in [6, 6.07) is 17.8. The summed E-state index contributed by atoms with van der Waals surface area (Å²) in [5, 5.41) is 48.8. The number of nitrogens with one attached hydrogen (secondary N) is 2. The van der Waals surface area contributed by atoms with E-state index >= 15 is 0 Å². The zero-order chi connectivity index (χ0) is 86.2. The van der Waals surface area contributed by atoms with Crippen molar-refractivity contribution in [2.45, 2.75) is 159 Å². The fourth-order valence-corrected chi connectivity index (χ4v) is 15.5. The SMILES string of the molecule is COc1nc2ccc(C(O)(c3cnc(C)n3C)c3cnc(C)n3C)cc2c(Cl)c1CNC(C)(C)C(F)(F)F.COc1nc2ccc(C(O)(c3cnc(C)n3C)c3cnc(C)n3C)cc2c(Cl)c1CN[C@H](C)C(C)(F)F.Cn1nccc1C(O)(c1ccnc(C(F)(F)F)c1)c1ccc2nc(C3CC3)c(CN3CCC(C(F)(F)F)CC3)c(Cl)c2c1. The Morgan fingerprint density at radius 1 is 0.500 bits per heavy atom. The number of methoxy groups -OCH3 is 2. The highest BCUT2D eigenvalue weighted by Gasteiger charge is 2.49. The van der Waals surface area contributed by atoms with Crippen molar-refractivity contribution >= 4 is 67.5 Å². The van der Waals surface area contributed by atoms with E-state index in [0.717, 1.165) is 68.8 Å². The lowest BCUT2D eigenvalue weighted by Gasteiger charge is -2.33. The Labute approximate surface area is 687 Å². The average molecular weight is 1710 g/mol. The summed E-state index contributed by atoms with van der Waals surface area (Å²) >= 11 is 20.7. The van der Waals surface area contributed by atoms with Crippen LogP contribution in [-0.2, 0) is 77.9 Å². The molecule has 1 aliphatic carbocycles. The number of imidazole rings is 4. The van der Waals surface area contributed by atoms with Crippen LogP contribution in [0.3, 0.4) is 0 Å². The van der Waals surface area contributed by atoms with Crippen molar-refractivity contribution in [1.82, 2.24) is 83.5 Å². The zero-order valence-electron chi connectivity index (χ0n) is 67.1. The van der Waals surface area contributed by atoms with Gasteiger partial charge in [-0.15, -0.1) is 0 Å². The molecule has 0 spiro atoms. The zero-order valence-corrected chi connectivity index (χ0v) is 69.4. The number of alkyl halides is 11. The van der Waals surface area contributed by atoms with Gasteiger partial charge in [0.2, 0.25) is 11.8 Å². The highest BCUT2D eigenvalue weighted by Crippen LogP contribution is 2.49. The first kappa shape index (κ1) is 87.9. The van der Waals surface area contributed by atoms with Crippen molar-refractivity contribution in [3.63, 3.8) is 0 Å². The number of ether oxygens (including phenoxy) is 2. The van der Waals surface area contributed by atoms with Crippen LogP contribution in [0.2, 0.25) is 15.1 Å². The molecule has 10 heterocycles. The molecule has 1 aliphatic heterocycles. The number of halogens is 14. The number of aryl methyl sites for hydroxylation is 5. The largest absolute Gasteiger partial charge is 0.481 e. The lowest BCUT2D eigenvalue weighted by molar-refractivity contribution is -0.186. The second kappa shape index (κ2) is 32.9. The molecule has 22 nitrogen and oxygen atoms in total. The van der Waals surface area contributed by atoms with Crippen LogP contribution >= 0.6 is 34.8 Å². The van der Waals surface area contributed by atoms with Crippen LogP contribution < -0.4 is 20.1 Å². The van der Waals surface area contributed by atoms with Crippen molar-refractivity contribution in [3.05, 3.63) is 227 Å². The fraction of sp³-hybridized carbons (Fsp3) is 0.427. The Morgan fingerprint density at radius 3 is 1.27 bits per heavy atom. The molecule has 630 valence electrons. The van der Waals surface area contributed by atoms with Gasteiger partial charge in [-0.05, 0) is 164 Å². The number of hydrogen-bond acceptors (Lipinski definition) is 17. The van der Waals surface area contributed by atoms with Crippen molar-refractivity contribution in [1.29, 1.82) is 0 Å². The number of hydrogen-bond donors (Lipinski definition) is 5. The fourth-order valence-electron chi connectivity index (χ4n) is 14.6. The monoisotopic (exact) mass is 1710 g/mol. The van der Waals surface area contributed by atoms with Crippen LogP contribution in [0.5, 0.6) is 11.8 Å². The van der Waals surface area contributed by atoms with Gasteiger partial charge in [0.05, 0.1) is 117 Å². The third-order valence-electron chi connectivity index (χ3n) is 22.8. The number of pyridine rings is 4. The Hall–Kier alpha value is -9.45. The van der Waals surface area contributed by atoms with Gasteiger partial charge in [0, 0.05) is 113 Å². The van der Waals surface area contributed by atoms with Crippen LogP contribution in [0.1, 0.15) is 161 Å². The van der Waals surface area contributed by atoms with Crippen molar-refractivity contribution in [2.75, 3.05) is 27.3 Å². The quantitative estimate of drug-likeness (QED) is 0.0420. The molecule has 118 heavy (non-hydrogen) atoms. The molecule has 12 aromatic rings. The van der Waals surface area contributed by atoms with E-state index in [1.54, 1.807) is 110 Å². The molecule has 2 fully saturated rings. The van der Waals surface area contributed by atoms with Crippen LogP contribution in [0.15, 0.2) is 110 Å². The summed E-state index contributed by atoms with van der Waals surface area (Å²) in [4.78, 5) is 36.9. The van der Waals surface area contributed by atoms with Crippen LogP contribution in [0.4, 0.5) is 48.3 Å². The summed E-state index contributed by atoms with van der Waals surface area (Å²) in [6.07, 6.45) is -2.65. The van der Waals surface area contributed by atoms with Gasteiger partial charge in [0.25, 0.3) is 5.92 Å². The molecular weight excluding hydrogens is 1620 g/mol. The van der Waals surface area contributed by atoms with Crippen molar-refractivity contribution in [2.24, 2.45) is 41.2 Å². The average Bonchev–Trinajstić information content (AvgIpc) is 1.64. The number of aliphatic hydroxyl groups is 3. The molecule has 14 rings (SSSR count). The Kier molecular flexibility index (Phi) is 24.5. The van der Waals surface area contributed by atoms with Crippen LogP contribution in [-0.4, -0.2) is 145 Å². The lowest BCUT2D eigenvalue weighted by atomic mass is 9.82. The molecule has 1 saturated carbocycles. The number of piperidine rings is 1. The Morgan fingerprint density at radius 2 is 0.907 bits per heavy atom. The molecule has 1 unspecified atom stereocenters. The summed E-state index contributed by atoms with van der Waals surface area (Å²) < 4.78 is 168. The number of benzene rings is 3. The maximum absolute atomic E-state index is 13.7. The van der Waals surface area contributed by atoms with E-state index in [2.05, 4.69) is 50.6 Å². The third kappa shape index (κ3) is 16.7. The second-order valence-corrected chi connectivity index (χ2v) is 31.7. The highest BCUT2D eigenvalue weighted by molar-refractivity contribution is 6.37. The predicted octanol–water partition coefficient (Wildman–Crippen LogP) is 16.1. The number of rotatable bonds is 21. The second-order valence-electron chi connectivity index (χ2n) is 30.6. The summed E-state index contributed by atoms with van der Waals surface area (Å²) in [6.45, 7) is 12.4. The molecule has 9 aromatic heterocycles. The maximum Gasteiger partial charge on any atom is 0.433 e. The molecule has 3 aromatic carbocycles. The van der Waals surface area contributed by atoms with E-state index in [9.17, 15) is 63.6 Å². The highest BCUT2D eigenvalue weighted by atomic mass is 35.5. The van der Waals surface area contributed by atoms with E-state index in [4.69, 9.17) is 49.3 Å². The topological polar surface area (TPSA) is 247 Å². The first-order valence-electron chi connectivity index (χ1n) is 37.5. The molecule has 5 N–H and O–H groups in total. The Bertz CT molecular complexity index is 5630. The number of fused-ring (bicyclic) bond motifs is 3. The van der Waals surface area contributed by atoms with Gasteiger partial charge in [-0.25, -0.2) is 38.7 Å². The minimum Gasteiger partial charge on any atom is -0.481 e. The molecule has 0 radical (unpaired) electrons. The summed E-state index contributed by atoms with van der Waals surface area (Å²) in [5.74, 6) is -0.837. The van der Waals surface area contributed by atoms with Crippen LogP contribution in [0, 0.1) is 33.6 Å². The normalized spacial score (nSPS) is 15.2. The number of likely N-dealkylation sites (tertiary alicyclic amines) is 1. The van der Waals surface area contributed by atoms with Gasteiger partial charge >= 0.3 is 18.5 Å². The number of aromatic nitrogens is 14. The predicted molar refractivity (Wildman–Crippen MR) is 424 cm³/mol. The molecule has 1 saturated heterocycles. The lowest BCUT2D eigenvalue weighted by Crippen LogP contribution is -2.51. The van der Waals surface area contributed by atoms with Gasteiger partial charge in [0.1, 0.15) is 34.5 Å². The molecule has 2 atom stereocenters. The maximum atomic E-state index is 13.7. The summed E-state index contributed by atoms with van der Waals surface area (Å²) in [5.41, 5.74) is -1.43. The van der Waals surface area contributed by atoms with Gasteiger partial charge in [-0.1, -0.05) is 53.0 Å². The van der Waals surface area contributed by atoms with E-state index in [1.807, 2.05) is 55.8 Å². The van der Waals surface area contributed by atoms with Gasteiger partial charge in [-0.3, -0.25) is 24.9 Å². The Balaban J connectivity index is 0.000000163. The molecular formula is C82H89Cl3F11N17O5. The molecule has 0 bridgehead atoms. The first-order valence-corrected chi connectivity index (χ1v) is 38.7. The van der Waals surface area contributed by atoms with Crippen LogP contribution in [0.25, 0.3) is 32.7 Å². The molecule has 36 heteroatoms. The van der Waals surface area contributed by atoms with Crippen molar-refractivity contribution < 1.29 is 73.1 Å². The number of nitrogens with zero attached hydrogens (tertiary/aromatic N) is 15. The van der Waals surface area contributed by atoms with Gasteiger partial charge in [0.15, 0.2) is 16.8 Å². The third-order valence-corrected chi connectivity index (χ3v) is 24.1. The van der Waals surface area contributed by atoms with E-state index in [1.165, 1.54) is 44.2 Å². The molecule has 0 amide bonds. The minimum atomic E-state index is -4.73. The standard InChI is InChI=1S/C30H28ClF6N5O.C26H30ClF3N6O2.C26H31ClF2N6O2/c1-41-25(7-11-39-41)28(43,20-6-10-38-24(15-20)30(35,36)37)19-4-5-23-21(14-19)26(31)22(27(40-23)17-2-3-17)16-42-12-8-18(9-13-42)29(32,33)34;1-14-31-12-20(35(14)5)25(37,21-13-32-15(2)36(21)6)16-8-9-19-17(10-16)22(27)18(23(34-19)38-7)11-33-24(3,4)26(28,29)30;1-14(25(4,28)29)30-11-19-23(27)18-10-17(8-9-20(18)33-24(19)37-7)26(36,21-12-31-15(2)34(21)5)22-13-32-16(3)35(22)6/h4-7,10-11,14-15,17-18,43H,2-3,8-9,12-13,16H2,1H3;8-10,12-13,33,37H,11H2,1-7H3;8-10,12-14,30,36H,11H2,1-7H3/t;;14-/m..1/s1. The van der Waals surface area contributed by atoms with E-state index < -0.39 is 64.4 Å². The van der Waals surface area contributed by atoms with E-state index in [-0.39, 0.29) is 84.1 Å². The first-order chi connectivity index (χ1) is 55.2. The summed E-state index contributed by atoms with van der Waals surface area (Å²) in [7, 11) is 11.7. The van der Waals surface area contributed by atoms with Gasteiger partial charge < -0.3 is 48.4 Å². The van der Waals surface area contributed by atoms with E-state index in [0.29, 0.717) is 100 Å². The van der Waals surface area contributed by atoms with Gasteiger partial charge in [-0.2, -0.15) is 44.6 Å². The molecule has 2 aliphatic rings. The minimum absolute atomic E-state index is 0.00855.